The maximum Gasteiger partial charge on any atom is 0.173 e. The molecule has 0 aliphatic carbocycles. The standard InChI is InChI=1S/C13H7BrClFO2/c14-9-4-5-12(10(15)6-9)18-13-8(7-17)2-1-3-11(13)16/h1-7H. The number of ether oxygens (including phenoxy) is 1. The summed E-state index contributed by atoms with van der Waals surface area (Å²) in [5, 5.41) is 0.324. The second-order valence-corrected chi connectivity index (χ2v) is 4.78. The Hall–Kier alpha value is -1.39. The first-order chi connectivity index (χ1) is 8.61. The van der Waals surface area contributed by atoms with Crippen LogP contribution in [-0.4, -0.2) is 6.29 Å². The average molecular weight is 330 g/mol. The molecular formula is C13H7BrClFO2. The highest BCUT2D eigenvalue weighted by Crippen LogP contribution is 2.34. The molecule has 2 aromatic rings. The lowest BCUT2D eigenvalue weighted by Gasteiger charge is -2.10. The van der Waals surface area contributed by atoms with E-state index in [4.69, 9.17) is 16.3 Å². The van der Waals surface area contributed by atoms with Gasteiger partial charge in [-0.1, -0.05) is 33.6 Å². The van der Waals surface area contributed by atoms with Gasteiger partial charge in [0.2, 0.25) is 0 Å². The number of rotatable bonds is 3. The first kappa shape index (κ1) is 13.1. The minimum Gasteiger partial charge on any atom is -0.452 e. The van der Waals surface area contributed by atoms with Crippen molar-refractivity contribution >= 4 is 33.8 Å². The fraction of sp³-hybridized carbons (Fsp3) is 0. The Balaban J connectivity index is 2.42. The average Bonchev–Trinajstić information content (AvgIpc) is 2.34. The Bertz CT molecular complexity index is 602. The van der Waals surface area contributed by atoms with Crippen molar-refractivity contribution in [2.75, 3.05) is 0 Å². The molecule has 0 radical (unpaired) electrons. The highest BCUT2D eigenvalue weighted by Gasteiger charge is 2.12. The Labute approximate surface area is 116 Å². The van der Waals surface area contributed by atoms with Gasteiger partial charge in [-0.25, -0.2) is 4.39 Å². The third-order valence-corrected chi connectivity index (χ3v) is 3.02. The fourth-order valence-corrected chi connectivity index (χ4v) is 2.11. The summed E-state index contributed by atoms with van der Waals surface area (Å²) in [5.74, 6) is -0.455. The quantitative estimate of drug-likeness (QED) is 0.753. The van der Waals surface area contributed by atoms with Gasteiger partial charge in [0.1, 0.15) is 5.75 Å². The minimum atomic E-state index is -0.612. The molecule has 92 valence electrons. The van der Waals surface area contributed by atoms with E-state index in [9.17, 15) is 9.18 Å². The molecule has 0 heterocycles. The third kappa shape index (κ3) is 2.71. The maximum absolute atomic E-state index is 13.6. The topological polar surface area (TPSA) is 26.3 Å². The van der Waals surface area contributed by atoms with Crippen LogP contribution in [0.15, 0.2) is 40.9 Å². The van der Waals surface area contributed by atoms with E-state index in [0.717, 1.165) is 4.47 Å². The smallest absolute Gasteiger partial charge is 0.173 e. The summed E-state index contributed by atoms with van der Waals surface area (Å²) in [4.78, 5) is 10.8. The van der Waals surface area contributed by atoms with Crippen LogP contribution in [0, 0.1) is 5.82 Å². The van der Waals surface area contributed by atoms with E-state index in [1.54, 1.807) is 18.2 Å². The molecule has 0 bridgehead atoms. The number of hydrogen-bond acceptors (Lipinski definition) is 2. The van der Waals surface area contributed by atoms with Crippen LogP contribution < -0.4 is 4.74 Å². The zero-order chi connectivity index (χ0) is 13.1. The molecule has 2 rings (SSSR count). The summed E-state index contributed by atoms with van der Waals surface area (Å²) < 4.78 is 19.7. The Morgan fingerprint density at radius 3 is 2.72 bits per heavy atom. The van der Waals surface area contributed by atoms with Gasteiger partial charge >= 0.3 is 0 Å². The number of aldehydes is 1. The summed E-state index contributed by atoms with van der Waals surface area (Å²) in [5.41, 5.74) is 0.133. The second-order valence-electron chi connectivity index (χ2n) is 3.45. The van der Waals surface area contributed by atoms with Gasteiger partial charge < -0.3 is 4.74 Å². The molecule has 0 amide bonds. The van der Waals surface area contributed by atoms with Gasteiger partial charge in [-0.15, -0.1) is 0 Å². The monoisotopic (exact) mass is 328 g/mol. The van der Waals surface area contributed by atoms with Gasteiger partial charge in [-0.05, 0) is 30.3 Å². The lowest BCUT2D eigenvalue weighted by molar-refractivity contribution is 0.112. The molecule has 5 heteroatoms. The lowest BCUT2D eigenvalue weighted by Crippen LogP contribution is -1.94. The van der Waals surface area contributed by atoms with Crippen molar-refractivity contribution < 1.29 is 13.9 Å². The summed E-state index contributed by atoms with van der Waals surface area (Å²) in [6, 6.07) is 9.05. The van der Waals surface area contributed by atoms with Crippen molar-refractivity contribution in [3.8, 4) is 11.5 Å². The molecule has 18 heavy (non-hydrogen) atoms. The Morgan fingerprint density at radius 2 is 2.06 bits per heavy atom. The first-order valence-corrected chi connectivity index (χ1v) is 6.15. The number of para-hydroxylation sites is 1. The molecule has 0 atom stereocenters. The summed E-state index contributed by atoms with van der Waals surface area (Å²) in [6.45, 7) is 0. The number of hydrogen-bond donors (Lipinski definition) is 0. The number of benzene rings is 2. The molecule has 2 aromatic carbocycles. The van der Waals surface area contributed by atoms with E-state index in [-0.39, 0.29) is 17.1 Å². The molecule has 0 N–H and O–H groups in total. The fourth-order valence-electron chi connectivity index (χ4n) is 1.39. The predicted octanol–water partition coefficient (Wildman–Crippen LogP) is 4.85. The summed E-state index contributed by atoms with van der Waals surface area (Å²) >= 11 is 9.22. The zero-order valence-corrected chi connectivity index (χ0v) is 11.3. The van der Waals surface area contributed by atoms with Crippen molar-refractivity contribution in [1.82, 2.24) is 0 Å². The third-order valence-electron chi connectivity index (χ3n) is 2.23. The molecule has 0 saturated heterocycles. The van der Waals surface area contributed by atoms with Gasteiger partial charge in [0.05, 0.1) is 10.6 Å². The molecule has 0 unspecified atom stereocenters. The summed E-state index contributed by atoms with van der Waals surface area (Å²) in [6.07, 6.45) is 0.533. The van der Waals surface area contributed by atoms with Gasteiger partial charge in [0.25, 0.3) is 0 Å². The van der Waals surface area contributed by atoms with Gasteiger partial charge in [-0.3, -0.25) is 4.79 Å². The highest BCUT2D eigenvalue weighted by molar-refractivity contribution is 9.10. The van der Waals surface area contributed by atoms with Crippen LogP contribution in [0.4, 0.5) is 4.39 Å². The first-order valence-electron chi connectivity index (χ1n) is 4.98. The van der Waals surface area contributed by atoms with Gasteiger partial charge in [0.15, 0.2) is 17.9 Å². The highest BCUT2D eigenvalue weighted by atomic mass is 79.9. The Kier molecular flexibility index (Phi) is 3.99. The minimum absolute atomic E-state index is 0.128. The number of halogens is 3. The van der Waals surface area contributed by atoms with E-state index in [1.165, 1.54) is 18.2 Å². The van der Waals surface area contributed by atoms with E-state index in [1.807, 2.05) is 0 Å². The van der Waals surface area contributed by atoms with E-state index in [2.05, 4.69) is 15.9 Å². The predicted molar refractivity (Wildman–Crippen MR) is 71.0 cm³/mol. The van der Waals surface area contributed by atoms with Gasteiger partial charge in [0, 0.05) is 4.47 Å². The van der Waals surface area contributed by atoms with Crippen LogP contribution in [0.3, 0.4) is 0 Å². The molecule has 0 aromatic heterocycles. The van der Waals surface area contributed by atoms with E-state index < -0.39 is 5.82 Å². The van der Waals surface area contributed by atoms with Crippen LogP contribution >= 0.6 is 27.5 Å². The van der Waals surface area contributed by atoms with Crippen LogP contribution in [0.2, 0.25) is 5.02 Å². The number of carbonyl (C=O) groups excluding carboxylic acids is 1. The largest absolute Gasteiger partial charge is 0.452 e. The second kappa shape index (κ2) is 5.50. The van der Waals surface area contributed by atoms with Crippen LogP contribution in [0.25, 0.3) is 0 Å². The molecule has 0 aliphatic heterocycles. The van der Waals surface area contributed by atoms with E-state index >= 15 is 0 Å². The van der Waals surface area contributed by atoms with Crippen molar-refractivity contribution in [2.24, 2.45) is 0 Å². The van der Waals surface area contributed by atoms with E-state index in [0.29, 0.717) is 11.3 Å². The van der Waals surface area contributed by atoms with Crippen LogP contribution in [0.5, 0.6) is 11.5 Å². The van der Waals surface area contributed by atoms with Crippen molar-refractivity contribution in [2.45, 2.75) is 0 Å². The lowest BCUT2D eigenvalue weighted by atomic mass is 10.2. The van der Waals surface area contributed by atoms with Crippen LogP contribution in [-0.2, 0) is 0 Å². The van der Waals surface area contributed by atoms with Crippen molar-refractivity contribution in [3.05, 3.63) is 57.3 Å². The Morgan fingerprint density at radius 1 is 1.28 bits per heavy atom. The zero-order valence-electron chi connectivity index (χ0n) is 8.99. The molecular weight excluding hydrogens is 322 g/mol. The maximum atomic E-state index is 13.6. The molecule has 2 nitrogen and oxygen atoms in total. The molecule has 0 saturated carbocycles. The molecule has 0 fully saturated rings. The van der Waals surface area contributed by atoms with Crippen LogP contribution in [0.1, 0.15) is 10.4 Å². The molecule has 0 spiro atoms. The SMILES string of the molecule is O=Cc1cccc(F)c1Oc1ccc(Br)cc1Cl. The normalized spacial score (nSPS) is 10.2. The summed E-state index contributed by atoms with van der Waals surface area (Å²) in [7, 11) is 0. The van der Waals surface area contributed by atoms with Crippen molar-refractivity contribution in [1.29, 1.82) is 0 Å². The van der Waals surface area contributed by atoms with Gasteiger partial charge in [-0.2, -0.15) is 0 Å². The molecule has 0 aliphatic rings. The van der Waals surface area contributed by atoms with Crippen molar-refractivity contribution in [3.63, 3.8) is 0 Å². The number of carbonyl (C=O) groups is 1.